The third-order valence-corrected chi connectivity index (χ3v) is 4.99. The molecule has 4 heteroatoms. The maximum absolute atomic E-state index is 13.0. The molecule has 1 aliphatic rings. The summed E-state index contributed by atoms with van der Waals surface area (Å²) >= 11 is 5.66. The summed E-state index contributed by atoms with van der Waals surface area (Å²) in [5, 5.41) is 4.10. The number of benzene rings is 2. The number of nitrogens with one attached hydrogen (secondary N) is 1. The van der Waals surface area contributed by atoms with Gasteiger partial charge in [0, 0.05) is 19.1 Å². The second-order valence-corrected chi connectivity index (χ2v) is 6.86. The zero-order valence-electron chi connectivity index (χ0n) is 13.9. The average molecular weight is 342 g/mol. The SMILES string of the molecule is CC(C1CC1)N(Cc1ccccc1)C(=S)NCc1ccc(F)cc1. The van der Waals surface area contributed by atoms with E-state index in [1.54, 1.807) is 12.1 Å². The molecule has 1 fully saturated rings. The van der Waals surface area contributed by atoms with Crippen molar-refractivity contribution in [2.45, 2.75) is 38.9 Å². The van der Waals surface area contributed by atoms with E-state index in [1.165, 1.54) is 30.5 Å². The molecule has 1 saturated carbocycles. The van der Waals surface area contributed by atoms with Crippen LogP contribution in [0.25, 0.3) is 0 Å². The molecule has 0 aromatic heterocycles. The molecule has 1 N–H and O–H groups in total. The van der Waals surface area contributed by atoms with Gasteiger partial charge < -0.3 is 10.2 Å². The van der Waals surface area contributed by atoms with Gasteiger partial charge in [0.15, 0.2) is 5.11 Å². The van der Waals surface area contributed by atoms with Crippen LogP contribution in [0.3, 0.4) is 0 Å². The van der Waals surface area contributed by atoms with Crippen LogP contribution in [-0.4, -0.2) is 16.1 Å². The van der Waals surface area contributed by atoms with Crippen molar-refractivity contribution in [3.8, 4) is 0 Å². The second kappa shape index (κ2) is 7.75. The molecule has 1 aliphatic carbocycles. The largest absolute Gasteiger partial charge is 0.358 e. The first-order valence-corrected chi connectivity index (χ1v) is 8.87. The average Bonchev–Trinajstić information content (AvgIpc) is 3.44. The summed E-state index contributed by atoms with van der Waals surface area (Å²) in [5.41, 5.74) is 2.29. The summed E-state index contributed by atoms with van der Waals surface area (Å²) in [6, 6.07) is 17.4. The normalized spacial score (nSPS) is 14.9. The predicted octanol–water partition coefficient (Wildman–Crippen LogP) is 4.50. The lowest BCUT2D eigenvalue weighted by atomic mass is 10.1. The summed E-state index contributed by atoms with van der Waals surface area (Å²) in [7, 11) is 0. The first kappa shape index (κ1) is 16.9. The van der Waals surface area contributed by atoms with Gasteiger partial charge in [0.05, 0.1) is 0 Å². The number of nitrogens with zero attached hydrogens (tertiary/aromatic N) is 1. The number of hydrogen-bond donors (Lipinski definition) is 1. The molecule has 0 amide bonds. The van der Waals surface area contributed by atoms with Gasteiger partial charge in [-0.05, 0) is 61.2 Å². The molecule has 2 aromatic rings. The van der Waals surface area contributed by atoms with Crippen molar-refractivity contribution in [1.82, 2.24) is 10.2 Å². The van der Waals surface area contributed by atoms with Gasteiger partial charge in [-0.25, -0.2) is 4.39 Å². The van der Waals surface area contributed by atoms with Gasteiger partial charge in [-0.15, -0.1) is 0 Å². The second-order valence-electron chi connectivity index (χ2n) is 6.48. The van der Waals surface area contributed by atoms with E-state index < -0.39 is 0 Å². The van der Waals surface area contributed by atoms with E-state index in [2.05, 4.69) is 41.4 Å². The van der Waals surface area contributed by atoms with Crippen LogP contribution in [-0.2, 0) is 13.1 Å². The van der Waals surface area contributed by atoms with E-state index in [0.29, 0.717) is 12.6 Å². The Morgan fingerprint density at radius 2 is 1.79 bits per heavy atom. The molecule has 0 spiro atoms. The maximum Gasteiger partial charge on any atom is 0.169 e. The highest BCUT2D eigenvalue weighted by Crippen LogP contribution is 2.35. The zero-order valence-corrected chi connectivity index (χ0v) is 14.7. The lowest BCUT2D eigenvalue weighted by Gasteiger charge is -2.32. The van der Waals surface area contributed by atoms with Gasteiger partial charge in [-0.1, -0.05) is 42.5 Å². The van der Waals surface area contributed by atoms with Crippen molar-refractivity contribution in [3.63, 3.8) is 0 Å². The number of hydrogen-bond acceptors (Lipinski definition) is 1. The summed E-state index contributed by atoms with van der Waals surface area (Å²) in [6.07, 6.45) is 2.57. The maximum atomic E-state index is 13.0. The molecule has 126 valence electrons. The third-order valence-electron chi connectivity index (χ3n) is 4.61. The van der Waals surface area contributed by atoms with Gasteiger partial charge >= 0.3 is 0 Å². The van der Waals surface area contributed by atoms with Crippen LogP contribution in [0.1, 0.15) is 30.9 Å². The van der Waals surface area contributed by atoms with E-state index >= 15 is 0 Å². The fourth-order valence-corrected chi connectivity index (χ4v) is 3.20. The number of rotatable bonds is 6. The Bertz CT molecular complexity index is 668. The quantitative estimate of drug-likeness (QED) is 0.778. The Morgan fingerprint density at radius 1 is 1.12 bits per heavy atom. The van der Waals surface area contributed by atoms with Crippen LogP contribution in [0.4, 0.5) is 4.39 Å². The van der Waals surface area contributed by atoms with Gasteiger partial charge in [-0.3, -0.25) is 0 Å². The minimum absolute atomic E-state index is 0.214. The summed E-state index contributed by atoms with van der Waals surface area (Å²) in [4.78, 5) is 2.28. The zero-order chi connectivity index (χ0) is 16.9. The number of thiocarbonyl (C=S) groups is 1. The standard InChI is InChI=1S/C20H23FN2S/c1-15(18-9-10-18)23(14-17-5-3-2-4-6-17)20(24)22-13-16-7-11-19(21)12-8-16/h2-8,11-12,15,18H,9-10,13-14H2,1H3,(H,22,24). The predicted molar refractivity (Wildman–Crippen MR) is 100 cm³/mol. The number of halogens is 1. The summed E-state index contributed by atoms with van der Waals surface area (Å²) in [5.74, 6) is 0.522. The highest BCUT2D eigenvalue weighted by Gasteiger charge is 2.33. The first-order valence-electron chi connectivity index (χ1n) is 8.46. The minimum Gasteiger partial charge on any atom is -0.358 e. The van der Waals surface area contributed by atoms with E-state index in [1.807, 2.05) is 6.07 Å². The molecular weight excluding hydrogens is 319 g/mol. The molecule has 0 saturated heterocycles. The van der Waals surface area contributed by atoms with Crippen LogP contribution in [0.2, 0.25) is 0 Å². The molecule has 0 heterocycles. The topological polar surface area (TPSA) is 15.3 Å². The molecule has 0 aliphatic heterocycles. The first-order chi connectivity index (χ1) is 11.6. The molecular formula is C20H23FN2S. The Labute approximate surface area is 148 Å². The summed E-state index contributed by atoms with van der Waals surface area (Å²) in [6.45, 7) is 3.68. The van der Waals surface area contributed by atoms with Crippen LogP contribution in [0.15, 0.2) is 54.6 Å². The molecule has 0 bridgehead atoms. The van der Waals surface area contributed by atoms with Crippen molar-refractivity contribution in [1.29, 1.82) is 0 Å². The van der Waals surface area contributed by atoms with Gasteiger partial charge in [0.25, 0.3) is 0 Å². The van der Waals surface area contributed by atoms with Crippen LogP contribution < -0.4 is 5.32 Å². The Morgan fingerprint density at radius 3 is 2.42 bits per heavy atom. The van der Waals surface area contributed by atoms with E-state index in [0.717, 1.165) is 23.1 Å². The van der Waals surface area contributed by atoms with E-state index in [9.17, 15) is 4.39 Å². The minimum atomic E-state index is -0.214. The van der Waals surface area contributed by atoms with Gasteiger partial charge in [0.2, 0.25) is 0 Å². The van der Waals surface area contributed by atoms with E-state index in [-0.39, 0.29) is 5.82 Å². The van der Waals surface area contributed by atoms with Gasteiger partial charge in [0.1, 0.15) is 5.82 Å². The Balaban J connectivity index is 1.65. The van der Waals surface area contributed by atoms with Crippen molar-refractivity contribution in [3.05, 3.63) is 71.5 Å². The molecule has 3 rings (SSSR count). The smallest absolute Gasteiger partial charge is 0.169 e. The summed E-state index contributed by atoms with van der Waals surface area (Å²) < 4.78 is 13.0. The third kappa shape index (κ3) is 4.54. The van der Waals surface area contributed by atoms with E-state index in [4.69, 9.17) is 12.2 Å². The fraction of sp³-hybridized carbons (Fsp3) is 0.350. The Hall–Kier alpha value is -1.94. The molecule has 24 heavy (non-hydrogen) atoms. The molecule has 2 nitrogen and oxygen atoms in total. The van der Waals surface area contributed by atoms with Crippen molar-refractivity contribution >= 4 is 17.3 Å². The monoisotopic (exact) mass is 342 g/mol. The molecule has 1 unspecified atom stereocenters. The highest BCUT2D eigenvalue weighted by molar-refractivity contribution is 7.80. The van der Waals surface area contributed by atoms with Crippen LogP contribution in [0.5, 0.6) is 0 Å². The van der Waals surface area contributed by atoms with Crippen molar-refractivity contribution in [2.75, 3.05) is 0 Å². The van der Waals surface area contributed by atoms with Crippen molar-refractivity contribution in [2.24, 2.45) is 5.92 Å². The molecule has 0 radical (unpaired) electrons. The fourth-order valence-electron chi connectivity index (χ4n) is 2.90. The highest BCUT2D eigenvalue weighted by atomic mass is 32.1. The molecule has 2 aromatic carbocycles. The van der Waals surface area contributed by atoms with Gasteiger partial charge in [-0.2, -0.15) is 0 Å². The lowest BCUT2D eigenvalue weighted by Crippen LogP contribution is -2.45. The van der Waals surface area contributed by atoms with Crippen LogP contribution in [0, 0.1) is 11.7 Å². The van der Waals surface area contributed by atoms with Crippen molar-refractivity contribution < 1.29 is 4.39 Å². The Kier molecular flexibility index (Phi) is 5.46. The van der Waals surface area contributed by atoms with Crippen LogP contribution >= 0.6 is 12.2 Å². The lowest BCUT2D eigenvalue weighted by molar-refractivity contribution is 0.290. The molecule has 1 atom stereocenters.